The lowest BCUT2D eigenvalue weighted by Gasteiger charge is -2.35. The van der Waals surface area contributed by atoms with Crippen LogP contribution in [-0.4, -0.2) is 48.9 Å². The Balaban J connectivity index is 0.00000243. The average Bonchev–Trinajstić information content (AvgIpc) is 2.64. The first-order chi connectivity index (χ1) is 12.2. The maximum absolute atomic E-state index is 12.8. The summed E-state index contributed by atoms with van der Waals surface area (Å²) >= 11 is 0. The Bertz CT molecular complexity index is 650. The number of anilines is 1. The van der Waals surface area contributed by atoms with Crippen molar-refractivity contribution < 1.29 is 9.59 Å². The second-order valence-electron chi connectivity index (χ2n) is 6.74. The number of rotatable bonds is 6. The number of aryl methyl sites for hydroxylation is 1. The van der Waals surface area contributed by atoms with Gasteiger partial charge in [0.05, 0.1) is 12.5 Å². The highest BCUT2D eigenvalue weighted by Crippen LogP contribution is 2.27. The van der Waals surface area contributed by atoms with Gasteiger partial charge in [-0.1, -0.05) is 24.3 Å². The smallest absolute Gasteiger partial charge is 0.240 e. The molecule has 2 amide bonds. The highest BCUT2D eigenvalue weighted by molar-refractivity contribution is 5.98. The lowest BCUT2D eigenvalue weighted by Crippen LogP contribution is -2.56. The summed E-state index contributed by atoms with van der Waals surface area (Å²) in [4.78, 5) is 29.2. The number of benzene rings is 1. The molecule has 2 heterocycles. The summed E-state index contributed by atoms with van der Waals surface area (Å²) in [6.07, 6.45) is 5.92. The summed E-state index contributed by atoms with van der Waals surface area (Å²) in [7, 11) is 0. The number of halogens is 1. The maximum Gasteiger partial charge on any atom is 0.240 e. The van der Waals surface area contributed by atoms with E-state index < -0.39 is 6.04 Å². The standard InChI is InChI=1S/C20H27N3O2.ClH/c1-2-3-6-12-22-14-11-21-17(20(22)25)15-19(24)23-13-7-9-16-8-4-5-10-18(16)23;/h2,4-5,8,10,17,21H,1,3,6-7,9,11-15H2;1H. The zero-order valence-corrected chi connectivity index (χ0v) is 16.0. The molecule has 0 bridgehead atoms. The molecule has 0 aliphatic carbocycles. The molecule has 1 saturated heterocycles. The molecule has 1 aromatic carbocycles. The number of hydrogen-bond acceptors (Lipinski definition) is 3. The van der Waals surface area contributed by atoms with Crippen LogP contribution in [0, 0.1) is 0 Å². The number of nitrogens with one attached hydrogen (secondary N) is 1. The minimum Gasteiger partial charge on any atom is -0.340 e. The number of fused-ring (bicyclic) bond motifs is 1. The number of amides is 2. The fraction of sp³-hybridized carbons (Fsp3) is 0.500. The predicted octanol–water partition coefficient (Wildman–Crippen LogP) is 2.54. The molecule has 1 N–H and O–H groups in total. The van der Waals surface area contributed by atoms with Gasteiger partial charge in [-0.3, -0.25) is 9.59 Å². The summed E-state index contributed by atoms with van der Waals surface area (Å²) in [5.74, 6) is 0.0832. The van der Waals surface area contributed by atoms with Gasteiger partial charge in [-0.25, -0.2) is 0 Å². The highest BCUT2D eigenvalue weighted by atomic mass is 35.5. The topological polar surface area (TPSA) is 52.7 Å². The van der Waals surface area contributed by atoms with E-state index in [0.29, 0.717) is 6.54 Å². The quantitative estimate of drug-likeness (QED) is 0.612. The molecule has 3 rings (SSSR count). The molecular weight excluding hydrogens is 350 g/mol. The van der Waals surface area contributed by atoms with E-state index in [4.69, 9.17) is 0 Å². The molecule has 0 radical (unpaired) electrons. The molecule has 6 heteroatoms. The highest BCUT2D eigenvalue weighted by Gasteiger charge is 2.32. The summed E-state index contributed by atoms with van der Waals surface area (Å²) in [5.41, 5.74) is 2.22. The van der Waals surface area contributed by atoms with E-state index in [-0.39, 0.29) is 30.6 Å². The Hall–Kier alpha value is -1.85. The molecule has 26 heavy (non-hydrogen) atoms. The fourth-order valence-corrected chi connectivity index (χ4v) is 3.68. The lowest BCUT2D eigenvalue weighted by molar-refractivity contribution is -0.137. The molecular formula is C20H28ClN3O2. The number of para-hydroxylation sites is 1. The van der Waals surface area contributed by atoms with Gasteiger partial charge < -0.3 is 15.1 Å². The first-order valence-corrected chi connectivity index (χ1v) is 9.22. The molecule has 2 aliphatic rings. The summed E-state index contributed by atoms with van der Waals surface area (Å²) in [6, 6.07) is 7.67. The minimum atomic E-state index is -0.404. The summed E-state index contributed by atoms with van der Waals surface area (Å²) in [6.45, 7) is 6.66. The molecule has 0 aromatic heterocycles. The number of carbonyl (C=O) groups excluding carboxylic acids is 2. The van der Waals surface area contributed by atoms with Crippen molar-refractivity contribution in [3.05, 3.63) is 42.5 Å². The van der Waals surface area contributed by atoms with Gasteiger partial charge in [0.2, 0.25) is 11.8 Å². The molecule has 5 nitrogen and oxygen atoms in total. The van der Waals surface area contributed by atoms with Gasteiger partial charge in [-0.05, 0) is 37.3 Å². The monoisotopic (exact) mass is 377 g/mol. The van der Waals surface area contributed by atoms with Crippen LogP contribution >= 0.6 is 12.4 Å². The zero-order valence-electron chi connectivity index (χ0n) is 15.2. The molecule has 1 atom stereocenters. The van der Waals surface area contributed by atoms with Crippen LogP contribution in [0.1, 0.15) is 31.2 Å². The number of carbonyl (C=O) groups is 2. The van der Waals surface area contributed by atoms with Crippen LogP contribution in [0.15, 0.2) is 36.9 Å². The van der Waals surface area contributed by atoms with E-state index in [9.17, 15) is 9.59 Å². The SMILES string of the molecule is C=CCCCN1CCNC(CC(=O)N2CCCc3ccccc32)C1=O.Cl. The van der Waals surface area contributed by atoms with Crippen molar-refractivity contribution >= 4 is 29.9 Å². The van der Waals surface area contributed by atoms with Gasteiger partial charge in [-0.15, -0.1) is 19.0 Å². The summed E-state index contributed by atoms with van der Waals surface area (Å²) in [5, 5.41) is 3.22. The van der Waals surface area contributed by atoms with E-state index in [1.807, 2.05) is 34.1 Å². The molecule has 2 aliphatic heterocycles. The Morgan fingerprint density at radius 2 is 2.12 bits per heavy atom. The van der Waals surface area contributed by atoms with Gasteiger partial charge in [0.25, 0.3) is 0 Å². The van der Waals surface area contributed by atoms with E-state index in [1.165, 1.54) is 5.56 Å². The van der Waals surface area contributed by atoms with Crippen molar-refractivity contribution in [3.63, 3.8) is 0 Å². The van der Waals surface area contributed by atoms with E-state index >= 15 is 0 Å². The molecule has 142 valence electrons. The van der Waals surface area contributed by atoms with Gasteiger partial charge in [0.1, 0.15) is 0 Å². The number of piperazine rings is 1. The van der Waals surface area contributed by atoms with Crippen LogP contribution in [0.4, 0.5) is 5.69 Å². The van der Waals surface area contributed by atoms with Crippen molar-refractivity contribution in [3.8, 4) is 0 Å². The number of hydrogen-bond donors (Lipinski definition) is 1. The molecule has 1 aromatic rings. The second kappa shape index (κ2) is 9.74. The van der Waals surface area contributed by atoms with Crippen molar-refractivity contribution in [2.75, 3.05) is 31.1 Å². The third-order valence-corrected chi connectivity index (χ3v) is 5.01. The normalized spacial score (nSPS) is 19.5. The Morgan fingerprint density at radius 1 is 1.31 bits per heavy atom. The third-order valence-electron chi connectivity index (χ3n) is 5.01. The molecule has 1 fully saturated rings. The van der Waals surface area contributed by atoms with E-state index in [1.54, 1.807) is 0 Å². The minimum absolute atomic E-state index is 0. The van der Waals surface area contributed by atoms with Crippen molar-refractivity contribution in [1.29, 1.82) is 0 Å². The average molecular weight is 378 g/mol. The van der Waals surface area contributed by atoms with Crippen LogP contribution in [-0.2, 0) is 16.0 Å². The first-order valence-electron chi connectivity index (χ1n) is 9.22. The van der Waals surface area contributed by atoms with Crippen LogP contribution in [0.3, 0.4) is 0 Å². The number of allylic oxidation sites excluding steroid dienone is 1. The molecule has 0 spiro atoms. The van der Waals surface area contributed by atoms with Crippen molar-refractivity contribution in [2.24, 2.45) is 0 Å². The van der Waals surface area contributed by atoms with Crippen LogP contribution in [0.5, 0.6) is 0 Å². The third kappa shape index (κ3) is 4.65. The van der Waals surface area contributed by atoms with E-state index in [2.05, 4.69) is 18.0 Å². The first kappa shape index (κ1) is 20.5. The van der Waals surface area contributed by atoms with Crippen LogP contribution in [0.2, 0.25) is 0 Å². The van der Waals surface area contributed by atoms with Crippen molar-refractivity contribution in [1.82, 2.24) is 10.2 Å². The fourth-order valence-electron chi connectivity index (χ4n) is 3.68. The Morgan fingerprint density at radius 3 is 2.92 bits per heavy atom. The second-order valence-corrected chi connectivity index (χ2v) is 6.74. The van der Waals surface area contributed by atoms with Gasteiger partial charge in [0.15, 0.2) is 0 Å². The van der Waals surface area contributed by atoms with Crippen LogP contribution < -0.4 is 10.2 Å². The maximum atomic E-state index is 12.8. The zero-order chi connectivity index (χ0) is 17.6. The Labute approximate surface area is 161 Å². The van der Waals surface area contributed by atoms with Crippen molar-refractivity contribution in [2.45, 2.75) is 38.1 Å². The van der Waals surface area contributed by atoms with E-state index in [0.717, 1.165) is 51.0 Å². The van der Waals surface area contributed by atoms with Gasteiger partial charge >= 0.3 is 0 Å². The summed E-state index contributed by atoms with van der Waals surface area (Å²) < 4.78 is 0. The van der Waals surface area contributed by atoms with Gasteiger partial charge in [-0.2, -0.15) is 0 Å². The van der Waals surface area contributed by atoms with Crippen LogP contribution in [0.25, 0.3) is 0 Å². The Kier molecular flexibility index (Phi) is 7.66. The number of unbranched alkanes of at least 4 members (excludes halogenated alkanes) is 1. The lowest BCUT2D eigenvalue weighted by atomic mass is 10.0. The predicted molar refractivity (Wildman–Crippen MR) is 107 cm³/mol. The largest absolute Gasteiger partial charge is 0.340 e. The number of nitrogens with zero attached hydrogens (tertiary/aromatic N) is 2. The van der Waals surface area contributed by atoms with Gasteiger partial charge in [0, 0.05) is 31.9 Å². The molecule has 0 saturated carbocycles. The molecule has 1 unspecified atom stereocenters.